The van der Waals surface area contributed by atoms with E-state index in [1.54, 1.807) is 12.1 Å². The number of hydrogen-bond acceptors (Lipinski definition) is 4. The molecule has 1 aliphatic carbocycles. The third-order valence-electron chi connectivity index (χ3n) is 5.99. The van der Waals surface area contributed by atoms with E-state index in [4.69, 9.17) is 21.7 Å². The van der Waals surface area contributed by atoms with Crippen molar-refractivity contribution < 1.29 is 14.3 Å². The topological polar surface area (TPSA) is 59.6 Å². The highest BCUT2D eigenvalue weighted by Gasteiger charge is 2.13. The highest BCUT2D eigenvalue weighted by Crippen LogP contribution is 2.26. The van der Waals surface area contributed by atoms with Gasteiger partial charge in [-0.2, -0.15) is 0 Å². The Kier molecular flexibility index (Phi) is 10.5. The van der Waals surface area contributed by atoms with Crippen molar-refractivity contribution in [1.29, 1.82) is 0 Å². The van der Waals surface area contributed by atoms with Gasteiger partial charge in [0.15, 0.2) is 5.11 Å². The standard InChI is InChI=1S/C27H36N2O3S/c1-2-3-7-19-31-24-14-10-22(11-15-24)26(30)29-27(33)28-23-12-16-25(17-13-23)32-20-18-21-8-5-4-6-9-21/h10-17,21H,2-9,18-20H2,1H3,(H2,28,29,30,33). The molecule has 0 aliphatic heterocycles. The van der Waals surface area contributed by atoms with Gasteiger partial charge in [-0.15, -0.1) is 0 Å². The zero-order valence-electron chi connectivity index (χ0n) is 19.6. The second kappa shape index (κ2) is 13.8. The van der Waals surface area contributed by atoms with Gasteiger partial charge in [0.1, 0.15) is 11.5 Å². The van der Waals surface area contributed by atoms with Crippen molar-refractivity contribution in [3.8, 4) is 11.5 Å². The number of rotatable bonds is 11. The van der Waals surface area contributed by atoms with E-state index in [0.717, 1.165) is 55.4 Å². The maximum absolute atomic E-state index is 12.5. The van der Waals surface area contributed by atoms with E-state index in [1.807, 2.05) is 36.4 Å². The van der Waals surface area contributed by atoms with Gasteiger partial charge < -0.3 is 14.8 Å². The lowest BCUT2D eigenvalue weighted by molar-refractivity contribution is 0.0977. The summed E-state index contributed by atoms with van der Waals surface area (Å²) in [7, 11) is 0. The van der Waals surface area contributed by atoms with E-state index in [1.165, 1.54) is 32.1 Å². The maximum Gasteiger partial charge on any atom is 0.257 e. The van der Waals surface area contributed by atoms with Gasteiger partial charge in [0, 0.05) is 11.3 Å². The summed E-state index contributed by atoms with van der Waals surface area (Å²) in [5.74, 6) is 2.18. The SMILES string of the molecule is CCCCCOc1ccc(C(=O)NC(=S)Nc2ccc(OCCC3CCCCC3)cc2)cc1. The monoisotopic (exact) mass is 468 g/mol. The lowest BCUT2D eigenvalue weighted by atomic mass is 9.87. The molecule has 3 rings (SSSR count). The van der Waals surface area contributed by atoms with Crippen molar-refractivity contribution in [2.24, 2.45) is 5.92 Å². The highest BCUT2D eigenvalue weighted by molar-refractivity contribution is 7.80. The van der Waals surface area contributed by atoms with Gasteiger partial charge in [0.25, 0.3) is 5.91 Å². The van der Waals surface area contributed by atoms with Gasteiger partial charge in [-0.05, 0) is 79.5 Å². The molecule has 1 saturated carbocycles. The van der Waals surface area contributed by atoms with Gasteiger partial charge in [0.05, 0.1) is 13.2 Å². The molecule has 0 spiro atoms. The first kappa shape index (κ1) is 25.0. The van der Waals surface area contributed by atoms with Crippen molar-refractivity contribution in [2.45, 2.75) is 64.7 Å². The molecule has 2 aromatic rings. The van der Waals surface area contributed by atoms with Crippen LogP contribution in [-0.2, 0) is 0 Å². The molecular weight excluding hydrogens is 432 g/mol. The summed E-state index contributed by atoms with van der Waals surface area (Å²) in [6.45, 7) is 3.61. The minimum atomic E-state index is -0.257. The number of thiocarbonyl (C=S) groups is 1. The zero-order valence-corrected chi connectivity index (χ0v) is 20.4. The normalized spacial score (nSPS) is 13.8. The Morgan fingerprint density at radius 2 is 1.55 bits per heavy atom. The third kappa shape index (κ3) is 9.04. The number of carbonyl (C=O) groups excluding carboxylic acids is 1. The van der Waals surface area contributed by atoms with Crippen LogP contribution in [0.2, 0.25) is 0 Å². The van der Waals surface area contributed by atoms with Crippen molar-refractivity contribution in [3.63, 3.8) is 0 Å². The molecule has 33 heavy (non-hydrogen) atoms. The molecule has 5 nitrogen and oxygen atoms in total. The van der Waals surface area contributed by atoms with Crippen LogP contribution in [0.4, 0.5) is 5.69 Å². The third-order valence-corrected chi connectivity index (χ3v) is 6.20. The van der Waals surface area contributed by atoms with E-state index >= 15 is 0 Å². The smallest absolute Gasteiger partial charge is 0.257 e. The summed E-state index contributed by atoms with van der Waals surface area (Å²) in [5.41, 5.74) is 1.33. The number of anilines is 1. The molecule has 0 atom stereocenters. The summed E-state index contributed by atoms with van der Waals surface area (Å²) in [4.78, 5) is 12.5. The number of unbranched alkanes of at least 4 members (excludes halogenated alkanes) is 2. The second-order valence-electron chi connectivity index (χ2n) is 8.65. The molecular formula is C27H36N2O3S. The minimum Gasteiger partial charge on any atom is -0.494 e. The molecule has 0 saturated heterocycles. The lowest BCUT2D eigenvalue weighted by Gasteiger charge is -2.21. The Balaban J connectivity index is 1.38. The fourth-order valence-corrected chi connectivity index (χ4v) is 4.25. The predicted octanol–water partition coefficient (Wildman–Crippen LogP) is 6.73. The molecule has 0 bridgehead atoms. The van der Waals surface area contributed by atoms with Crippen molar-refractivity contribution >= 4 is 28.9 Å². The van der Waals surface area contributed by atoms with E-state index in [-0.39, 0.29) is 11.0 Å². The van der Waals surface area contributed by atoms with Crippen LogP contribution in [0.15, 0.2) is 48.5 Å². The van der Waals surface area contributed by atoms with Crippen LogP contribution in [0.1, 0.15) is 75.1 Å². The molecule has 1 amide bonds. The average Bonchev–Trinajstić information content (AvgIpc) is 2.84. The summed E-state index contributed by atoms with van der Waals surface area (Å²) in [6.07, 6.45) is 11.3. The van der Waals surface area contributed by atoms with Crippen LogP contribution in [0.25, 0.3) is 0 Å². The fourth-order valence-electron chi connectivity index (χ4n) is 4.04. The molecule has 0 heterocycles. The summed E-state index contributed by atoms with van der Waals surface area (Å²) in [6, 6.07) is 14.8. The summed E-state index contributed by atoms with van der Waals surface area (Å²) < 4.78 is 11.6. The number of amides is 1. The van der Waals surface area contributed by atoms with Gasteiger partial charge >= 0.3 is 0 Å². The zero-order chi connectivity index (χ0) is 23.3. The number of carbonyl (C=O) groups is 1. The molecule has 0 aromatic heterocycles. The molecule has 6 heteroatoms. The molecule has 1 fully saturated rings. The molecule has 0 radical (unpaired) electrons. The number of nitrogens with one attached hydrogen (secondary N) is 2. The van der Waals surface area contributed by atoms with Gasteiger partial charge in [-0.3, -0.25) is 10.1 Å². The molecule has 2 aromatic carbocycles. The summed E-state index contributed by atoms with van der Waals surface area (Å²) in [5, 5.41) is 6.02. The number of benzene rings is 2. The van der Waals surface area contributed by atoms with Crippen LogP contribution in [0, 0.1) is 5.92 Å². The van der Waals surface area contributed by atoms with Crippen LogP contribution >= 0.6 is 12.2 Å². The van der Waals surface area contributed by atoms with Crippen molar-refractivity contribution in [2.75, 3.05) is 18.5 Å². The van der Waals surface area contributed by atoms with Gasteiger partial charge in [-0.1, -0.05) is 51.9 Å². The van der Waals surface area contributed by atoms with E-state index in [9.17, 15) is 4.79 Å². The number of hydrogen-bond donors (Lipinski definition) is 2. The van der Waals surface area contributed by atoms with E-state index < -0.39 is 0 Å². The minimum absolute atomic E-state index is 0.255. The highest BCUT2D eigenvalue weighted by atomic mass is 32.1. The van der Waals surface area contributed by atoms with Crippen LogP contribution in [0.3, 0.4) is 0 Å². The fraction of sp³-hybridized carbons (Fsp3) is 0.481. The van der Waals surface area contributed by atoms with Gasteiger partial charge in [-0.25, -0.2) is 0 Å². The Hall–Kier alpha value is -2.60. The predicted molar refractivity (Wildman–Crippen MR) is 138 cm³/mol. The van der Waals surface area contributed by atoms with E-state index in [0.29, 0.717) is 12.2 Å². The first-order valence-electron chi connectivity index (χ1n) is 12.2. The van der Waals surface area contributed by atoms with Crippen LogP contribution < -0.4 is 20.1 Å². The molecule has 1 aliphatic rings. The van der Waals surface area contributed by atoms with Crippen LogP contribution in [0.5, 0.6) is 11.5 Å². The Bertz CT molecular complexity index is 862. The van der Waals surface area contributed by atoms with E-state index in [2.05, 4.69) is 17.6 Å². The van der Waals surface area contributed by atoms with Gasteiger partial charge in [0.2, 0.25) is 0 Å². The van der Waals surface area contributed by atoms with Crippen molar-refractivity contribution in [3.05, 3.63) is 54.1 Å². The Labute approximate surface area is 203 Å². The quantitative estimate of drug-likeness (QED) is 0.283. The molecule has 2 N–H and O–H groups in total. The summed E-state index contributed by atoms with van der Waals surface area (Å²) >= 11 is 5.30. The Morgan fingerprint density at radius 1 is 0.909 bits per heavy atom. The first-order chi connectivity index (χ1) is 16.1. The Morgan fingerprint density at radius 3 is 2.21 bits per heavy atom. The lowest BCUT2D eigenvalue weighted by Crippen LogP contribution is -2.34. The molecule has 178 valence electrons. The largest absolute Gasteiger partial charge is 0.494 e. The first-order valence-corrected chi connectivity index (χ1v) is 12.6. The van der Waals surface area contributed by atoms with Crippen molar-refractivity contribution in [1.82, 2.24) is 5.32 Å². The average molecular weight is 469 g/mol. The maximum atomic E-state index is 12.5. The molecule has 0 unspecified atom stereocenters. The van der Waals surface area contributed by atoms with Crippen LogP contribution in [-0.4, -0.2) is 24.2 Å². The number of ether oxygens (including phenoxy) is 2. The second-order valence-corrected chi connectivity index (χ2v) is 9.06.